The Balaban J connectivity index is 1.61. The van der Waals surface area contributed by atoms with Crippen LogP contribution in [0.2, 0.25) is 0 Å². The highest BCUT2D eigenvalue weighted by Crippen LogP contribution is 2.34. The van der Waals surface area contributed by atoms with Gasteiger partial charge in [-0.3, -0.25) is 9.78 Å². The fraction of sp³-hybridized carbons (Fsp3) is 0.235. The van der Waals surface area contributed by atoms with Crippen LogP contribution in [-0.4, -0.2) is 25.1 Å². The summed E-state index contributed by atoms with van der Waals surface area (Å²) in [5.41, 5.74) is 1.64. The summed E-state index contributed by atoms with van der Waals surface area (Å²) in [6.07, 6.45) is 3.35. The summed E-state index contributed by atoms with van der Waals surface area (Å²) >= 11 is 2.89. The molecule has 0 spiro atoms. The summed E-state index contributed by atoms with van der Waals surface area (Å²) in [4.78, 5) is 25.8. The number of nitrogens with one attached hydrogen (secondary N) is 1. The largest absolute Gasteiger partial charge is 0.411 e. The van der Waals surface area contributed by atoms with Gasteiger partial charge >= 0.3 is 0 Å². The zero-order valence-electron chi connectivity index (χ0n) is 14.3. The van der Waals surface area contributed by atoms with Crippen molar-refractivity contribution in [3.63, 3.8) is 0 Å². The number of aromatic amines is 1. The Morgan fingerprint density at radius 1 is 1.31 bits per heavy atom. The first-order valence-corrected chi connectivity index (χ1v) is 9.63. The highest BCUT2D eigenvalue weighted by atomic mass is 32.2. The number of hydrogen-bond donors (Lipinski definition) is 1. The molecule has 0 unspecified atom stereocenters. The molecule has 0 amide bonds. The maximum Gasteiger partial charge on any atom is 0.277 e. The van der Waals surface area contributed by atoms with Crippen molar-refractivity contribution in [1.82, 2.24) is 25.1 Å². The molecule has 4 aromatic rings. The Morgan fingerprint density at radius 2 is 2.15 bits per heavy atom. The van der Waals surface area contributed by atoms with Gasteiger partial charge in [-0.05, 0) is 38.5 Å². The number of thiophene rings is 1. The van der Waals surface area contributed by atoms with Crippen molar-refractivity contribution in [2.45, 2.75) is 31.2 Å². The van der Waals surface area contributed by atoms with Gasteiger partial charge in [0.1, 0.15) is 10.7 Å². The first-order valence-electron chi connectivity index (χ1n) is 7.93. The Labute approximate surface area is 156 Å². The van der Waals surface area contributed by atoms with Crippen molar-refractivity contribution in [2.75, 3.05) is 0 Å². The third-order valence-corrected chi connectivity index (χ3v) is 6.08. The van der Waals surface area contributed by atoms with Crippen LogP contribution in [0.3, 0.4) is 0 Å². The SMILES string of the molecule is Cc1sc2nc([C@@H](C)Sc3nnc(-c4cccnc4)o3)[nH]c(=O)c2c1C. The molecule has 0 fully saturated rings. The number of fused-ring (bicyclic) bond motifs is 1. The summed E-state index contributed by atoms with van der Waals surface area (Å²) in [5, 5.41) is 9.05. The molecule has 0 aliphatic rings. The molecule has 0 saturated heterocycles. The number of pyridine rings is 1. The molecule has 132 valence electrons. The Morgan fingerprint density at radius 3 is 2.92 bits per heavy atom. The first kappa shape index (κ1) is 16.9. The van der Waals surface area contributed by atoms with Crippen molar-refractivity contribution in [3.05, 3.63) is 51.1 Å². The molecule has 0 aromatic carbocycles. The van der Waals surface area contributed by atoms with E-state index in [0.29, 0.717) is 22.3 Å². The normalized spacial score (nSPS) is 12.6. The molecule has 0 radical (unpaired) electrons. The van der Waals surface area contributed by atoms with E-state index in [2.05, 4.69) is 25.1 Å². The van der Waals surface area contributed by atoms with Crippen LogP contribution >= 0.6 is 23.1 Å². The highest BCUT2D eigenvalue weighted by molar-refractivity contribution is 7.99. The number of thioether (sulfide) groups is 1. The van der Waals surface area contributed by atoms with E-state index in [1.54, 1.807) is 12.4 Å². The van der Waals surface area contributed by atoms with Gasteiger partial charge in [0.05, 0.1) is 16.2 Å². The first-order chi connectivity index (χ1) is 12.5. The predicted octanol–water partition coefficient (Wildman–Crippen LogP) is 3.90. The molecule has 1 N–H and O–H groups in total. The van der Waals surface area contributed by atoms with Crippen molar-refractivity contribution in [1.29, 1.82) is 0 Å². The second-order valence-electron chi connectivity index (χ2n) is 5.79. The van der Waals surface area contributed by atoms with Crippen molar-refractivity contribution in [3.8, 4) is 11.5 Å². The van der Waals surface area contributed by atoms with Gasteiger partial charge in [-0.25, -0.2) is 4.98 Å². The number of H-pyrrole nitrogens is 1. The van der Waals surface area contributed by atoms with Gasteiger partial charge in [0.15, 0.2) is 0 Å². The average molecular weight is 385 g/mol. The standard InChI is InChI=1S/C17H15N5O2S2/c1-8-9(2)25-16-12(8)14(23)19-13(20-16)10(3)26-17-22-21-15(24-17)11-5-4-6-18-7-11/h4-7,10H,1-3H3,(H,19,20,23)/t10-/m1/s1. The van der Waals surface area contributed by atoms with Gasteiger partial charge in [-0.15, -0.1) is 21.5 Å². The minimum atomic E-state index is -0.142. The zero-order chi connectivity index (χ0) is 18.3. The second kappa shape index (κ2) is 6.65. The molecule has 26 heavy (non-hydrogen) atoms. The van der Waals surface area contributed by atoms with Crippen LogP contribution in [0.5, 0.6) is 0 Å². The molecule has 4 heterocycles. The fourth-order valence-electron chi connectivity index (χ4n) is 2.53. The fourth-order valence-corrected chi connectivity index (χ4v) is 4.31. The summed E-state index contributed by atoms with van der Waals surface area (Å²) in [6.45, 7) is 5.88. The van der Waals surface area contributed by atoms with Crippen molar-refractivity contribution in [2.24, 2.45) is 0 Å². The Kier molecular flexibility index (Phi) is 4.33. The number of nitrogens with zero attached hydrogens (tertiary/aromatic N) is 4. The van der Waals surface area contributed by atoms with Gasteiger partial charge in [-0.1, -0.05) is 11.8 Å². The van der Waals surface area contributed by atoms with Crippen LogP contribution in [0.4, 0.5) is 0 Å². The number of hydrogen-bond acceptors (Lipinski definition) is 8. The summed E-state index contributed by atoms with van der Waals surface area (Å²) in [7, 11) is 0. The van der Waals surface area contributed by atoms with Gasteiger partial charge < -0.3 is 9.40 Å². The highest BCUT2D eigenvalue weighted by Gasteiger charge is 2.19. The topological polar surface area (TPSA) is 97.6 Å². The van der Waals surface area contributed by atoms with Crippen LogP contribution in [0, 0.1) is 13.8 Å². The van der Waals surface area contributed by atoms with Gasteiger partial charge in [-0.2, -0.15) is 0 Å². The molecule has 7 nitrogen and oxygen atoms in total. The second-order valence-corrected chi connectivity index (χ2v) is 8.28. The predicted molar refractivity (Wildman–Crippen MR) is 102 cm³/mol. The average Bonchev–Trinajstić information content (AvgIpc) is 3.21. The van der Waals surface area contributed by atoms with Crippen LogP contribution in [0.15, 0.2) is 39.0 Å². The van der Waals surface area contributed by atoms with E-state index in [-0.39, 0.29) is 10.8 Å². The number of rotatable bonds is 4. The Hall–Kier alpha value is -2.52. The Bertz CT molecular complexity index is 1130. The van der Waals surface area contributed by atoms with Gasteiger partial charge in [0.2, 0.25) is 5.89 Å². The minimum absolute atomic E-state index is 0.110. The number of aryl methyl sites for hydroxylation is 2. The molecular formula is C17H15N5O2S2. The lowest BCUT2D eigenvalue weighted by Gasteiger charge is -2.07. The van der Waals surface area contributed by atoms with Crippen molar-refractivity contribution < 1.29 is 4.42 Å². The van der Waals surface area contributed by atoms with E-state index < -0.39 is 0 Å². The quantitative estimate of drug-likeness (QED) is 0.532. The molecule has 0 bridgehead atoms. The van der Waals surface area contributed by atoms with Gasteiger partial charge in [0, 0.05) is 17.3 Å². The third-order valence-electron chi connectivity index (χ3n) is 4.03. The minimum Gasteiger partial charge on any atom is -0.411 e. The molecule has 9 heteroatoms. The van der Waals surface area contributed by atoms with E-state index in [1.165, 1.54) is 23.1 Å². The third kappa shape index (κ3) is 3.04. The molecule has 0 aliphatic carbocycles. The molecule has 4 aromatic heterocycles. The monoisotopic (exact) mass is 385 g/mol. The number of aromatic nitrogens is 5. The van der Waals surface area contributed by atoms with E-state index in [9.17, 15) is 4.79 Å². The zero-order valence-corrected chi connectivity index (χ0v) is 15.9. The van der Waals surface area contributed by atoms with Crippen LogP contribution in [0.25, 0.3) is 21.7 Å². The van der Waals surface area contributed by atoms with Gasteiger partial charge in [0.25, 0.3) is 10.8 Å². The maximum absolute atomic E-state index is 12.4. The maximum atomic E-state index is 12.4. The molecular weight excluding hydrogens is 370 g/mol. The molecule has 0 saturated carbocycles. The van der Waals surface area contributed by atoms with Crippen molar-refractivity contribution >= 4 is 33.3 Å². The van der Waals surface area contributed by atoms with E-state index in [1.807, 2.05) is 32.9 Å². The van der Waals surface area contributed by atoms with Crippen LogP contribution < -0.4 is 5.56 Å². The summed E-state index contributed by atoms with van der Waals surface area (Å²) in [6, 6.07) is 3.66. The summed E-state index contributed by atoms with van der Waals surface area (Å²) < 4.78 is 5.69. The molecule has 4 rings (SSSR count). The van der Waals surface area contributed by atoms with Crippen LogP contribution in [0.1, 0.15) is 28.4 Å². The lowest BCUT2D eigenvalue weighted by molar-refractivity contribution is 0.464. The summed E-state index contributed by atoms with van der Waals surface area (Å²) in [5.74, 6) is 1.00. The lowest BCUT2D eigenvalue weighted by atomic mass is 10.2. The van der Waals surface area contributed by atoms with E-state index >= 15 is 0 Å². The van der Waals surface area contributed by atoms with E-state index in [0.717, 1.165) is 20.8 Å². The lowest BCUT2D eigenvalue weighted by Crippen LogP contribution is -2.12. The van der Waals surface area contributed by atoms with Crippen LogP contribution in [-0.2, 0) is 0 Å². The smallest absolute Gasteiger partial charge is 0.277 e. The van der Waals surface area contributed by atoms with E-state index in [4.69, 9.17) is 4.42 Å². The molecule has 1 atom stereocenters. The molecule has 0 aliphatic heterocycles.